The van der Waals surface area contributed by atoms with Crippen molar-refractivity contribution in [3.63, 3.8) is 0 Å². The molecule has 0 radical (unpaired) electrons. The van der Waals surface area contributed by atoms with Crippen LogP contribution in [-0.4, -0.2) is 20.8 Å². The van der Waals surface area contributed by atoms with Crippen molar-refractivity contribution in [3.8, 4) is 0 Å². The Labute approximate surface area is 97.6 Å². The molecule has 2 aromatic heterocycles. The number of amides is 1. The summed E-state index contributed by atoms with van der Waals surface area (Å²) in [5.74, 6) is -0.0973. The Kier molecular flexibility index (Phi) is 2.58. The smallest absolute Gasteiger partial charge is 0.280 e. The highest BCUT2D eigenvalue weighted by Gasteiger charge is 2.17. The highest BCUT2D eigenvalue weighted by atomic mass is 16.5. The highest BCUT2D eigenvalue weighted by Crippen LogP contribution is 2.19. The van der Waals surface area contributed by atoms with E-state index >= 15 is 0 Å². The van der Waals surface area contributed by atoms with Crippen LogP contribution in [0.4, 0.5) is 11.6 Å². The van der Waals surface area contributed by atoms with Crippen molar-refractivity contribution in [1.29, 1.82) is 0 Å². The molecule has 0 aliphatic heterocycles. The number of carbonyl (C=O) groups is 1. The third-order valence-corrected chi connectivity index (χ3v) is 2.46. The van der Waals surface area contributed by atoms with Gasteiger partial charge in [0.15, 0.2) is 5.69 Å². The molecule has 2 heterocycles. The average molecular weight is 235 g/mol. The maximum absolute atomic E-state index is 11.9. The number of hydrogen-bond donors (Lipinski definition) is 2. The number of nitrogens with two attached hydrogens (primary N) is 1. The van der Waals surface area contributed by atoms with Crippen LogP contribution >= 0.6 is 0 Å². The monoisotopic (exact) mass is 235 g/mol. The zero-order valence-corrected chi connectivity index (χ0v) is 9.81. The summed E-state index contributed by atoms with van der Waals surface area (Å²) in [7, 11) is 1.69. The van der Waals surface area contributed by atoms with Gasteiger partial charge in [-0.05, 0) is 13.8 Å². The Bertz CT molecular complexity index is 569. The van der Waals surface area contributed by atoms with Crippen molar-refractivity contribution in [2.75, 3.05) is 11.1 Å². The molecule has 2 rings (SSSR count). The van der Waals surface area contributed by atoms with Crippen LogP contribution in [0.5, 0.6) is 0 Å². The van der Waals surface area contributed by atoms with E-state index in [-0.39, 0.29) is 5.69 Å². The molecule has 0 saturated heterocycles. The second-order valence-corrected chi connectivity index (χ2v) is 3.78. The topological polar surface area (TPSA) is 99.0 Å². The van der Waals surface area contributed by atoms with E-state index in [9.17, 15) is 4.79 Å². The van der Waals surface area contributed by atoms with Gasteiger partial charge in [-0.25, -0.2) is 0 Å². The fourth-order valence-corrected chi connectivity index (χ4v) is 1.38. The van der Waals surface area contributed by atoms with E-state index < -0.39 is 5.91 Å². The molecule has 0 atom stereocenters. The third kappa shape index (κ3) is 1.99. The molecule has 0 aliphatic rings. The molecule has 17 heavy (non-hydrogen) atoms. The van der Waals surface area contributed by atoms with E-state index in [1.165, 1.54) is 4.68 Å². The maximum atomic E-state index is 11.9. The molecule has 0 aliphatic carbocycles. The molecule has 0 unspecified atom stereocenters. The van der Waals surface area contributed by atoms with Gasteiger partial charge in [0.05, 0.1) is 11.4 Å². The van der Waals surface area contributed by atoms with Gasteiger partial charge in [-0.15, -0.1) is 0 Å². The number of carbonyl (C=O) groups excluding carboxylic acids is 1. The molecular formula is C10H13N5O2. The van der Waals surface area contributed by atoms with Crippen LogP contribution < -0.4 is 11.1 Å². The highest BCUT2D eigenvalue weighted by molar-refractivity contribution is 6.05. The predicted molar refractivity (Wildman–Crippen MR) is 61.6 cm³/mol. The molecule has 0 aromatic carbocycles. The normalized spacial score (nSPS) is 10.5. The molecule has 0 saturated carbocycles. The Morgan fingerprint density at radius 3 is 2.71 bits per heavy atom. The summed E-state index contributed by atoms with van der Waals surface area (Å²) in [6.07, 6.45) is 1.56. The molecule has 0 spiro atoms. The Morgan fingerprint density at radius 1 is 1.53 bits per heavy atom. The molecule has 1 amide bonds. The van der Waals surface area contributed by atoms with Crippen molar-refractivity contribution < 1.29 is 9.32 Å². The van der Waals surface area contributed by atoms with E-state index in [1.807, 2.05) is 6.92 Å². The van der Waals surface area contributed by atoms with Gasteiger partial charge in [-0.2, -0.15) is 5.10 Å². The number of nitrogens with one attached hydrogen (secondary N) is 1. The SMILES string of the molecule is Cc1noc(NC(=O)c2nn(C)cc2N)c1C. The number of anilines is 2. The van der Waals surface area contributed by atoms with Crippen LogP contribution in [-0.2, 0) is 7.05 Å². The second-order valence-electron chi connectivity index (χ2n) is 3.78. The fraction of sp³-hybridized carbons (Fsp3) is 0.300. The van der Waals surface area contributed by atoms with Gasteiger partial charge in [-0.3, -0.25) is 14.8 Å². The van der Waals surface area contributed by atoms with Crippen LogP contribution in [0.25, 0.3) is 0 Å². The first-order valence-electron chi connectivity index (χ1n) is 5.02. The fourth-order valence-electron chi connectivity index (χ4n) is 1.38. The number of rotatable bonds is 2. The summed E-state index contributed by atoms with van der Waals surface area (Å²) < 4.78 is 6.45. The van der Waals surface area contributed by atoms with E-state index in [4.69, 9.17) is 10.3 Å². The Hall–Kier alpha value is -2.31. The molecular weight excluding hydrogens is 222 g/mol. The largest absolute Gasteiger partial charge is 0.396 e. The second kappa shape index (κ2) is 3.93. The van der Waals surface area contributed by atoms with E-state index in [1.54, 1.807) is 20.2 Å². The molecule has 7 heteroatoms. The lowest BCUT2D eigenvalue weighted by atomic mass is 10.3. The van der Waals surface area contributed by atoms with Gasteiger partial charge in [0.1, 0.15) is 0 Å². The zero-order chi connectivity index (χ0) is 12.6. The van der Waals surface area contributed by atoms with Crippen LogP contribution in [0.2, 0.25) is 0 Å². The zero-order valence-electron chi connectivity index (χ0n) is 9.81. The summed E-state index contributed by atoms with van der Waals surface area (Å²) in [6.45, 7) is 3.60. The van der Waals surface area contributed by atoms with Crippen molar-refractivity contribution in [3.05, 3.63) is 23.1 Å². The van der Waals surface area contributed by atoms with Crippen molar-refractivity contribution >= 4 is 17.5 Å². The first-order valence-corrected chi connectivity index (χ1v) is 5.02. The number of nitrogens with zero attached hydrogens (tertiary/aromatic N) is 3. The Morgan fingerprint density at radius 2 is 2.24 bits per heavy atom. The molecule has 2 aromatic rings. The lowest BCUT2D eigenvalue weighted by molar-refractivity contribution is 0.101. The molecule has 0 bridgehead atoms. The van der Waals surface area contributed by atoms with Crippen LogP contribution in [0.1, 0.15) is 21.7 Å². The third-order valence-electron chi connectivity index (χ3n) is 2.46. The quantitative estimate of drug-likeness (QED) is 0.804. The number of aryl methyl sites for hydroxylation is 2. The van der Waals surface area contributed by atoms with Gasteiger partial charge in [-0.1, -0.05) is 5.16 Å². The van der Waals surface area contributed by atoms with Crippen LogP contribution in [0, 0.1) is 13.8 Å². The number of hydrogen-bond acceptors (Lipinski definition) is 5. The summed E-state index contributed by atoms with van der Waals surface area (Å²) in [4.78, 5) is 11.9. The van der Waals surface area contributed by atoms with Crippen LogP contribution in [0.3, 0.4) is 0 Å². The van der Waals surface area contributed by atoms with E-state index in [2.05, 4.69) is 15.6 Å². The standard InChI is InChI=1S/C10H13N5O2/c1-5-6(2)14-17-10(5)12-9(16)8-7(11)4-15(3)13-8/h4H,11H2,1-3H3,(H,12,16). The minimum Gasteiger partial charge on any atom is -0.396 e. The predicted octanol–water partition coefficient (Wildman–Crippen LogP) is 0.859. The lowest BCUT2D eigenvalue weighted by Crippen LogP contribution is -2.14. The lowest BCUT2D eigenvalue weighted by Gasteiger charge is -1.99. The van der Waals surface area contributed by atoms with Crippen molar-refractivity contribution in [2.24, 2.45) is 7.05 Å². The maximum Gasteiger partial charge on any atom is 0.280 e. The minimum absolute atomic E-state index is 0.168. The molecule has 90 valence electrons. The van der Waals surface area contributed by atoms with Gasteiger partial charge in [0, 0.05) is 18.8 Å². The molecule has 3 N–H and O–H groups in total. The summed E-state index contributed by atoms with van der Waals surface area (Å²) in [6, 6.07) is 0. The van der Waals surface area contributed by atoms with Crippen molar-refractivity contribution in [1.82, 2.24) is 14.9 Å². The average Bonchev–Trinajstić information content (AvgIpc) is 2.75. The summed E-state index contributed by atoms with van der Waals surface area (Å²) in [5, 5.41) is 10.3. The summed E-state index contributed by atoms with van der Waals surface area (Å²) in [5.41, 5.74) is 7.65. The number of nitrogen functional groups attached to an aromatic ring is 1. The van der Waals surface area contributed by atoms with E-state index in [0.29, 0.717) is 11.6 Å². The van der Waals surface area contributed by atoms with Crippen molar-refractivity contribution in [2.45, 2.75) is 13.8 Å². The first kappa shape index (κ1) is 11.2. The van der Waals surface area contributed by atoms with Crippen LogP contribution in [0.15, 0.2) is 10.7 Å². The molecule has 7 nitrogen and oxygen atoms in total. The van der Waals surface area contributed by atoms with Gasteiger partial charge in [0.2, 0.25) is 5.88 Å². The summed E-state index contributed by atoms with van der Waals surface area (Å²) >= 11 is 0. The van der Waals surface area contributed by atoms with Gasteiger partial charge < -0.3 is 10.3 Å². The van der Waals surface area contributed by atoms with Gasteiger partial charge in [0.25, 0.3) is 5.91 Å². The Balaban J connectivity index is 2.23. The first-order chi connectivity index (χ1) is 7.99. The van der Waals surface area contributed by atoms with E-state index in [0.717, 1.165) is 11.3 Å². The molecule has 0 fully saturated rings. The number of aromatic nitrogens is 3. The minimum atomic E-state index is -0.414. The van der Waals surface area contributed by atoms with Gasteiger partial charge >= 0.3 is 0 Å².